The van der Waals surface area contributed by atoms with Crippen molar-refractivity contribution < 1.29 is 0 Å². The Morgan fingerprint density at radius 2 is 0.902 bits per heavy atom. The second-order valence-electron chi connectivity index (χ2n) is 14.3. The maximum absolute atomic E-state index is 2.56. The number of benzene rings is 8. The van der Waals surface area contributed by atoms with Crippen LogP contribution in [0.1, 0.15) is 22.3 Å². The van der Waals surface area contributed by atoms with Crippen molar-refractivity contribution in [3.63, 3.8) is 0 Å². The zero-order valence-electron chi connectivity index (χ0n) is 27.8. The summed E-state index contributed by atoms with van der Waals surface area (Å²) in [7, 11) is 0. The molecule has 1 spiro atoms. The molecule has 12 rings (SSSR count). The van der Waals surface area contributed by atoms with Crippen molar-refractivity contribution in [1.29, 1.82) is 0 Å². The second-order valence-corrected chi connectivity index (χ2v) is 14.3. The van der Waals surface area contributed by atoms with Gasteiger partial charge in [-0.15, -0.1) is 0 Å². The van der Waals surface area contributed by atoms with E-state index in [9.17, 15) is 0 Å². The number of hydrogen-bond donors (Lipinski definition) is 0. The molecule has 0 fully saturated rings. The molecule has 1 nitrogen and oxygen atoms in total. The second kappa shape index (κ2) is 9.87. The zero-order valence-corrected chi connectivity index (χ0v) is 27.8. The van der Waals surface area contributed by atoms with E-state index in [1.807, 2.05) is 0 Å². The normalized spacial score (nSPS) is 14.0. The molecule has 0 saturated heterocycles. The fourth-order valence-electron chi connectivity index (χ4n) is 10.3. The van der Waals surface area contributed by atoms with Gasteiger partial charge < -0.3 is 4.57 Å². The smallest absolute Gasteiger partial charge is 0.244 e. The lowest BCUT2D eigenvalue weighted by molar-refractivity contribution is 0.774. The van der Waals surface area contributed by atoms with E-state index in [0.29, 0.717) is 0 Å². The van der Waals surface area contributed by atoms with E-state index in [-0.39, 0.29) is 6.71 Å². The molecule has 0 amide bonds. The van der Waals surface area contributed by atoms with Gasteiger partial charge in [0.2, 0.25) is 6.71 Å². The Morgan fingerprint density at radius 1 is 0.373 bits per heavy atom. The van der Waals surface area contributed by atoms with Gasteiger partial charge in [0.1, 0.15) is 0 Å². The summed E-state index contributed by atoms with van der Waals surface area (Å²) in [4.78, 5) is 0. The molecule has 3 heterocycles. The van der Waals surface area contributed by atoms with E-state index < -0.39 is 5.41 Å². The molecule has 9 aromatic rings. The van der Waals surface area contributed by atoms with Crippen LogP contribution in [0.4, 0.5) is 0 Å². The van der Waals surface area contributed by atoms with Crippen molar-refractivity contribution in [3.8, 4) is 39.1 Å². The molecule has 8 aromatic carbocycles. The Kier molecular flexibility index (Phi) is 5.31. The Balaban J connectivity index is 1.31. The predicted molar refractivity (Wildman–Crippen MR) is 214 cm³/mol. The van der Waals surface area contributed by atoms with E-state index >= 15 is 0 Å². The minimum absolute atomic E-state index is 0.121. The number of aromatic nitrogens is 1. The number of para-hydroxylation sites is 2. The molecule has 0 radical (unpaired) electrons. The van der Waals surface area contributed by atoms with Gasteiger partial charge in [-0.2, -0.15) is 0 Å². The summed E-state index contributed by atoms with van der Waals surface area (Å²) < 4.78 is 2.51. The monoisotopic (exact) mass is 643 g/mol. The van der Waals surface area contributed by atoms with Gasteiger partial charge in [0.05, 0.1) is 16.4 Å². The van der Waals surface area contributed by atoms with E-state index in [0.717, 1.165) is 0 Å². The molecule has 0 atom stereocenters. The molecule has 2 heteroatoms. The van der Waals surface area contributed by atoms with Gasteiger partial charge in [-0.25, -0.2) is 0 Å². The first-order chi connectivity index (χ1) is 25.3. The molecular weight excluding hydrogens is 613 g/mol. The summed E-state index contributed by atoms with van der Waals surface area (Å²) in [5.41, 5.74) is 20.9. The fraction of sp³-hybridized carbons (Fsp3) is 0.0204. The number of nitrogens with zero attached hydrogens (tertiary/aromatic N) is 1. The Bertz CT molecular complexity index is 2830. The topological polar surface area (TPSA) is 4.93 Å². The molecule has 1 aliphatic carbocycles. The summed E-state index contributed by atoms with van der Waals surface area (Å²) in [6, 6.07) is 68.5. The average molecular weight is 644 g/mol. The van der Waals surface area contributed by atoms with Crippen LogP contribution in [0.2, 0.25) is 0 Å². The lowest BCUT2D eigenvalue weighted by Crippen LogP contribution is -2.60. The van der Waals surface area contributed by atoms with Crippen molar-refractivity contribution in [3.05, 3.63) is 204 Å². The number of rotatable bonds is 2. The van der Waals surface area contributed by atoms with Crippen LogP contribution in [0.15, 0.2) is 182 Å². The SMILES string of the molecule is c1ccc(-c2cccc3c2B2c4ccccc4-c4cc(-n5c6ccccc6c6ccccc65)cc(c42)C32c3ccccc3-c3ccccc32)cc1. The van der Waals surface area contributed by atoms with Crippen LogP contribution in [-0.4, -0.2) is 11.3 Å². The van der Waals surface area contributed by atoms with Crippen LogP contribution < -0.4 is 16.4 Å². The van der Waals surface area contributed by atoms with E-state index in [1.165, 1.54) is 99.5 Å². The Labute approximate surface area is 297 Å². The molecule has 2 aliphatic heterocycles. The highest BCUT2D eigenvalue weighted by atomic mass is 15.0. The predicted octanol–water partition coefficient (Wildman–Crippen LogP) is 9.62. The molecule has 3 aliphatic rings. The average Bonchev–Trinajstić information content (AvgIpc) is 3.82. The van der Waals surface area contributed by atoms with Gasteiger partial charge in [-0.3, -0.25) is 0 Å². The van der Waals surface area contributed by atoms with E-state index in [4.69, 9.17) is 0 Å². The van der Waals surface area contributed by atoms with Gasteiger partial charge in [0.25, 0.3) is 0 Å². The fourth-order valence-corrected chi connectivity index (χ4v) is 10.3. The highest BCUT2D eigenvalue weighted by Crippen LogP contribution is 2.58. The van der Waals surface area contributed by atoms with Crippen LogP contribution in [0.5, 0.6) is 0 Å². The van der Waals surface area contributed by atoms with Crippen molar-refractivity contribution in [1.82, 2.24) is 4.57 Å². The maximum atomic E-state index is 2.56. The summed E-state index contributed by atoms with van der Waals surface area (Å²) in [5.74, 6) is 0. The third kappa shape index (κ3) is 3.33. The highest BCUT2D eigenvalue weighted by molar-refractivity contribution is 7.00. The first kappa shape index (κ1) is 27.4. The minimum atomic E-state index is -0.495. The lowest BCUT2D eigenvalue weighted by Gasteiger charge is -2.43. The van der Waals surface area contributed by atoms with Gasteiger partial charge in [0, 0.05) is 16.5 Å². The standard InChI is InChI=1S/C49H30BN/c1-2-15-31(16-3-1)33-22-14-25-42-47(33)50-44-26-11-6-19-36(44)39-29-32(51-45-27-12-7-20-37(45)38-21-8-13-28-46(38)51)30-43(48(39)50)49(42)40-23-9-4-17-34(40)35-18-5-10-24-41(35)49/h1-30H. The third-order valence-electron chi connectivity index (χ3n) is 12.1. The van der Waals surface area contributed by atoms with Gasteiger partial charge >= 0.3 is 0 Å². The van der Waals surface area contributed by atoms with E-state index in [2.05, 4.69) is 187 Å². The number of fused-ring (bicyclic) bond motifs is 15. The van der Waals surface area contributed by atoms with Crippen LogP contribution in [0.25, 0.3) is 60.9 Å². The Hall–Kier alpha value is -6.38. The first-order valence-electron chi connectivity index (χ1n) is 18.0. The molecule has 0 unspecified atom stereocenters. The summed E-state index contributed by atoms with van der Waals surface area (Å²) in [6.45, 7) is 0.121. The molecule has 0 bridgehead atoms. The largest absolute Gasteiger partial charge is 0.309 e. The molecule has 234 valence electrons. The summed E-state index contributed by atoms with van der Waals surface area (Å²) in [5, 5.41) is 2.56. The molecule has 0 N–H and O–H groups in total. The molecular formula is C49H30BN. The lowest BCUT2D eigenvalue weighted by atomic mass is 9.31. The summed E-state index contributed by atoms with van der Waals surface area (Å²) >= 11 is 0. The molecule has 0 saturated carbocycles. The van der Waals surface area contributed by atoms with Crippen molar-refractivity contribution >= 4 is 44.9 Å². The Morgan fingerprint density at radius 3 is 1.61 bits per heavy atom. The molecule has 1 aromatic heterocycles. The van der Waals surface area contributed by atoms with Crippen molar-refractivity contribution in [2.75, 3.05) is 0 Å². The van der Waals surface area contributed by atoms with Crippen LogP contribution in [0, 0.1) is 0 Å². The highest BCUT2D eigenvalue weighted by Gasteiger charge is 2.55. The van der Waals surface area contributed by atoms with Crippen LogP contribution >= 0.6 is 0 Å². The number of hydrogen-bond acceptors (Lipinski definition) is 0. The van der Waals surface area contributed by atoms with Gasteiger partial charge in [-0.05, 0) is 79.9 Å². The van der Waals surface area contributed by atoms with Crippen LogP contribution in [0.3, 0.4) is 0 Å². The maximum Gasteiger partial charge on any atom is 0.244 e. The van der Waals surface area contributed by atoms with Crippen molar-refractivity contribution in [2.24, 2.45) is 0 Å². The van der Waals surface area contributed by atoms with Gasteiger partial charge in [-0.1, -0.05) is 174 Å². The van der Waals surface area contributed by atoms with Crippen molar-refractivity contribution in [2.45, 2.75) is 5.41 Å². The quantitative estimate of drug-likeness (QED) is 0.165. The molecule has 51 heavy (non-hydrogen) atoms. The van der Waals surface area contributed by atoms with Gasteiger partial charge in [0.15, 0.2) is 0 Å². The summed E-state index contributed by atoms with van der Waals surface area (Å²) in [6.07, 6.45) is 0. The third-order valence-corrected chi connectivity index (χ3v) is 12.1. The minimum Gasteiger partial charge on any atom is -0.309 e. The van der Waals surface area contributed by atoms with Crippen LogP contribution in [-0.2, 0) is 5.41 Å². The van der Waals surface area contributed by atoms with E-state index in [1.54, 1.807) is 0 Å². The first-order valence-corrected chi connectivity index (χ1v) is 18.0. The zero-order chi connectivity index (χ0) is 33.3.